The third kappa shape index (κ3) is 2.70. The zero-order valence-corrected chi connectivity index (χ0v) is 12.0. The summed E-state index contributed by atoms with van der Waals surface area (Å²) in [5.74, 6) is 0.735. The number of benzene rings is 2. The summed E-state index contributed by atoms with van der Waals surface area (Å²) in [6.45, 7) is 3.26. The lowest BCUT2D eigenvalue weighted by Gasteiger charge is -2.07. The highest BCUT2D eigenvalue weighted by Crippen LogP contribution is 2.23. The number of hydrogen-bond acceptors (Lipinski definition) is 2. The maximum absolute atomic E-state index is 12.2. The first-order valence-corrected chi connectivity index (χ1v) is 7.18. The Bertz CT molecular complexity index is 787. The number of ether oxygens (including phenoxy) is 1. The minimum Gasteiger partial charge on any atom is -0.491 e. The van der Waals surface area contributed by atoms with Crippen LogP contribution in [0.5, 0.6) is 5.75 Å². The lowest BCUT2D eigenvalue weighted by atomic mass is 10.2. The molecule has 1 aromatic heterocycles. The van der Waals surface area contributed by atoms with Gasteiger partial charge in [-0.2, -0.15) is 0 Å². The number of fused-ring (bicyclic) bond motifs is 1. The molecule has 0 aliphatic carbocycles. The van der Waals surface area contributed by atoms with E-state index in [-0.39, 0.29) is 5.69 Å². The van der Waals surface area contributed by atoms with Gasteiger partial charge >= 0.3 is 5.69 Å². The Morgan fingerprint density at radius 1 is 1.10 bits per heavy atom. The van der Waals surface area contributed by atoms with Crippen LogP contribution in [0, 0.1) is 0 Å². The molecule has 4 nitrogen and oxygen atoms in total. The molecule has 0 saturated heterocycles. The largest absolute Gasteiger partial charge is 0.491 e. The molecule has 108 valence electrons. The van der Waals surface area contributed by atoms with Gasteiger partial charge in [0.15, 0.2) is 0 Å². The molecule has 0 spiro atoms. The highest BCUT2D eigenvalue weighted by molar-refractivity contribution is 5.81. The van der Waals surface area contributed by atoms with E-state index in [0.717, 1.165) is 28.8 Å². The zero-order chi connectivity index (χ0) is 14.7. The molecule has 3 rings (SSSR count). The smallest absolute Gasteiger partial charge is 0.326 e. The Morgan fingerprint density at radius 3 is 2.67 bits per heavy atom. The summed E-state index contributed by atoms with van der Waals surface area (Å²) in [6, 6.07) is 15.7. The molecule has 1 heterocycles. The minimum absolute atomic E-state index is 0.110. The maximum atomic E-state index is 12.2. The highest BCUT2D eigenvalue weighted by atomic mass is 16.5. The lowest BCUT2D eigenvalue weighted by Crippen LogP contribution is -2.17. The molecule has 0 amide bonds. The summed E-state index contributed by atoms with van der Waals surface area (Å²) in [5.41, 5.74) is 2.63. The van der Waals surface area contributed by atoms with Crippen molar-refractivity contribution in [3.05, 3.63) is 64.6 Å². The number of aromatic amines is 1. The molecule has 21 heavy (non-hydrogen) atoms. The predicted octanol–water partition coefficient (Wildman–Crippen LogP) is 3.17. The molecule has 0 atom stereocenters. The van der Waals surface area contributed by atoms with Crippen LogP contribution >= 0.6 is 0 Å². The van der Waals surface area contributed by atoms with E-state index < -0.39 is 0 Å². The quantitative estimate of drug-likeness (QED) is 0.781. The van der Waals surface area contributed by atoms with Crippen LogP contribution in [0.2, 0.25) is 0 Å². The van der Waals surface area contributed by atoms with E-state index in [9.17, 15) is 4.79 Å². The fourth-order valence-corrected chi connectivity index (χ4v) is 2.41. The van der Waals surface area contributed by atoms with Crippen molar-refractivity contribution < 1.29 is 4.74 Å². The first-order valence-electron chi connectivity index (χ1n) is 7.18. The van der Waals surface area contributed by atoms with Crippen LogP contribution in [0.1, 0.15) is 18.9 Å². The Morgan fingerprint density at radius 2 is 1.90 bits per heavy atom. The van der Waals surface area contributed by atoms with Crippen molar-refractivity contribution in [1.29, 1.82) is 0 Å². The summed E-state index contributed by atoms with van der Waals surface area (Å²) in [5, 5.41) is 0. The van der Waals surface area contributed by atoms with E-state index in [4.69, 9.17) is 4.74 Å². The Labute approximate surface area is 123 Å². The number of nitrogens with zero attached hydrogens (tertiary/aromatic N) is 1. The molecule has 0 bridgehead atoms. The number of H-pyrrole nitrogens is 1. The molecular weight excluding hydrogens is 264 g/mol. The fourth-order valence-electron chi connectivity index (χ4n) is 2.41. The van der Waals surface area contributed by atoms with Gasteiger partial charge in [-0.15, -0.1) is 0 Å². The summed E-state index contributed by atoms with van der Waals surface area (Å²) >= 11 is 0. The highest BCUT2D eigenvalue weighted by Gasteiger charge is 2.11. The number of imidazole rings is 1. The van der Waals surface area contributed by atoms with Crippen LogP contribution in [0.3, 0.4) is 0 Å². The summed E-state index contributed by atoms with van der Waals surface area (Å²) in [7, 11) is 0. The van der Waals surface area contributed by atoms with Crippen molar-refractivity contribution in [2.24, 2.45) is 0 Å². The summed E-state index contributed by atoms with van der Waals surface area (Å²) in [4.78, 5) is 15.1. The number of rotatable bonds is 5. The number of hydrogen-bond donors (Lipinski definition) is 1. The van der Waals surface area contributed by atoms with E-state index in [2.05, 4.69) is 11.9 Å². The van der Waals surface area contributed by atoms with E-state index >= 15 is 0 Å². The van der Waals surface area contributed by atoms with Crippen molar-refractivity contribution in [2.75, 3.05) is 6.61 Å². The van der Waals surface area contributed by atoms with Crippen molar-refractivity contribution in [1.82, 2.24) is 9.55 Å². The molecule has 0 saturated carbocycles. The molecule has 0 fully saturated rings. The van der Waals surface area contributed by atoms with Gasteiger partial charge in [0, 0.05) is 0 Å². The van der Waals surface area contributed by atoms with Gasteiger partial charge in [-0.1, -0.05) is 43.3 Å². The third-order valence-electron chi connectivity index (χ3n) is 3.42. The van der Waals surface area contributed by atoms with Gasteiger partial charge < -0.3 is 9.72 Å². The molecule has 3 aromatic rings. The van der Waals surface area contributed by atoms with Crippen LogP contribution in [-0.4, -0.2) is 16.2 Å². The molecule has 0 aliphatic rings. The Kier molecular flexibility index (Phi) is 3.77. The second-order valence-electron chi connectivity index (χ2n) is 5.00. The summed E-state index contributed by atoms with van der Waals surface area (Å²) in [6.07, 6.45) is 0.936. The molecule has 0 radical (unpaired) electrons. The molecule has 1 N–H and O–H groups in total. The first kappa shape index (κ1) is 13.5. The fraction of sp³-hybridized carbons (Fsp3) is 0.235. The van der Waals surface area contributed by atoms with E-state index in [1.807, 2.05) is 48.5 Å². The summed E-state index contributed by atoms with van der Waals surface area (Å²) < 4.78 is 7.44. The molecule has 0 unspecified atom stereocenters. The van der Waals surface area contributed by atoms with Crippen LogP contribution in [0.25, 0.3) is 11.0 Å². The molecule has 2 aromatic carbocycles. The maximum Gasteiger partial charge on any atom is 0.326 e. The Hall–Kier alpha value is -2.49. The average molecular weight is 282 g/mol. The zero-order valence-electron chi connectivity index (χ0n) is 12.0. The topological polar surface area (TPSA) is 47.0 Å². The average Bonchev–Trinajstić information content (AvgIpc) is 2.83. The monoisotopic (exact) mass is 282 g/mol. The first-order chi connectivity index (χ1) is 10.3. The van der Waals surface area contributed by atoms with E-state index in [1.165, 1.54) is 0 Å². The normalized spacial score (nSPS) is 10.9. The van der Waals surface area contributed by atoms with Gasteiger partial charge in [-0.3, -0.25) is 4.57 Å². The van der Waals surface area contributed by atoms with Crippen LogP contribution in [-0.2, 0) is 6.54 Å². The van der Waals surface area contributed by atoms with Crippen LogP contribution in [0.4, 0.5) is 0 Å². The molecule has 0 aliphatic heterocycles. The van der Waals surface area contributed by atoms with Crippen molar-refractivity contribution in [3.8, 4) is 5.75 Å². The number of aromatic nitrogens is 2. The SMILES string of the molecule is CCCOc1cccc2c1[nH]c(=O)n2Cc1ccccc1. The number of nitrogens with one attached hydrogen (secondary N) is 1. The van der Waals surface area contributed by atoms with Gasteiger partial charge in [0.05, 0.1) is 18.7 Å². The third-order valence-corrected chi connectivity index (χ3v) is 3.42. The van der Waals surface area contributed by atoms with Gasteiger partial charge in [0.25, 0.3) is 0 Å². The predicted molar refractivity (Wildman–Crippen MR) is 83.9 cm³/mol. The van der Waals surface area contributed by atoms with Crippen molar-refractivity contribution in [2.45, 2.75) is 19.9 Å². The second-order valence-corrected chi connectivity index (χ2v) is 5.00. The second kappa shape index (κ2) is 5.87. The van der Waals surface area contributed by atoms with Gasteiger partial charge in [0.1, 0.15) is 11.3 Å². The minimum atomic E-state index is -0.110. The van der Waals surface area contributed by atoms with Gasteiger partial charge in [-0.25, -0.2) is 4.79 Å². The van der Waals surface area contributed by atoms with Gasteiger partial charge in [-0.05, 0) is 24.1 Å². The molecular formula is C17H18N2O2. The van der Waals surface area contributed by atoms with Crippen molar-refractivity contribution >= 4 is 11.0 Å². The Balaban J connectivity index is 2.03. The lowest BCUT2D eigenvalue weighted by molar-refractivity contribution is 0.320. The standard InChI is InChI=1S/C17H18N2O2/c1-2-11-21-15-10-6-9-14-16(15)18-17(20)19(14)12-13-7-4-3-5-8-13/h3-10H,2,11-12H2,1H3,(H,18,20). The van der Waals surface area contributed by atoms with E-state index in [1.54, 1.807) is 4.57 Å². The molecule has 4 heteroatoms. The number of para-hydroxylation sites is 1. The van der Waals surface area contributed by atoms with Crippen molar-refractivity contribution in [3.63, 3.8) is 0 Å². The van der Waals surface area contributed by atoms with Gasteiger partial charge in [0.2, 0.25) is 0 Å². The van der Waals surface area contributed by atoms with Crippen LogP contribution < -0.4 is 10.4 Å². The van der Waals surface area contributed by atoms with E-state index in [0.29, 0.717) is 13.2 Å². The van der Waals surface area contributed by atoms with Crippen LogP contribution in [0.15, 0.2) is 53.3 Å².